The van der Waals surface area contributed by atoms with Crippen molar-refractivity contribution in [2.24, 2.45) is 0 Å². The van der Waals surface area contributed by atoms with E-state index in [0.29, 0.717) is 0 Å². The largest absolute Gasteiger partial charge is 0.380 e. The smallest absolute Gasteiger partial charge is 0.0437 e. The van der Waals surface area contributed by atoms with Crippen LogP contribution in [-0.4, -0.2) is 0 Å². The molecule has 0 saturated heterocycles. The van der Waals surface area contributed by atoms with Gasteiger partial charge in [0.1, 0.15) is 0 Å². The van der Waals surface area contributed by atoms with E-state index < -0.39 is 0 Å². The fraction of sp³-hybridized carbons (Fsp3) is 0.0769. The summed E-state index contributed by atoms with van der Waals surface area (Å²) >= 11 is 5.96. The van der Waals surface area contributed by atoms with Gasteiger partial charge in [0.2, 0.25) is 0 Å². The van der Waals surface area contributed by atoms with Crippen LogP contribution in [0.2, 0.25) is 5.02 Å². The van der Waals surface area contributed by atoms with E-state index in [1.54, 1.807) is 0 Å². The van der Waals surface area contributed by atoms with Crippen molar-refractivity contribution < 1.29 is 0 Å². The van der Waals surface area contributed by atoms with E-state index in [1.807, 2.05) is 12.1 Å². The molecule has 15 heavy (non-hydrogen) atoms. The molecule has 2 heteroatoms. The molecule has 0 atom stereocenters. The highest BCUT2D eigenvalue weighted by Gasteiger charge is 2.14. The van der Waals surface area contributed by atoms with E-state index >= 15 is 0 Å². The van der Waals surface area contributed by atoms with Gasteiger partial charge in [-0.25, -0.2) is 0 Å². The van der Waals surface area contributed by atoms with Crippen LogP contribution in [0, 0.1) is 0 Å². The van der Waals surface area contributed by atoms with E-state index in [4.69, 9.17) is 11.6 Å². The van der Waals surface area contributed by atoms with Gasteiger partial charge in [-0.1, -0.05) is 41.9 Å². The standard InChI is InChI=1S/C13H10ClN/c14-10-5-6-12-11-4-2-1-3-9(11)8-15-13(12)7-10/h1-7,15H,8H2. The zero-order valence-corrected chi connectivity index (χ0v) is 8.88. The molecule has 0 radical (unpaired) electrons. The fourth-order valence-corrected chi connectivity index (χ4v) is 2.20. The van der Waals surface area contributed by atoms with Crippen molar-refractivity contribution in [1.82, 2.24) is 0 Å². The first-order valence-electron chi connectivity index (χ1n) is 4.96. The number of anilines is 1. The van der Waals surface area contributed by atoms with Crippen molar-refractivity contribution in [2.45, 2.75) is 6.54 Å². The second-order valence-corrected chi connectivity index (χ2v) is 4.14. The van der Waals surface area contributed by atoms with Crippen molar-refractivity contribution in [3.8, 4) is 11.1 Å². The molecule has 0 fully saturated rings. The SMILES string of the molecule is Clc1ccc2c(c1)NCc1ccccc1-2. The molecule has 2 aromatic carbocycles. The molecule has 0 bridgehead atoms. The monoisotopic (exact) mass is 215 g/mol. The molecule has 0 unspecified atom stereocenters. The lowest BCUT2D eigenvalue weighted by Crippen LogP contribution is -2.07. The Balaban J connectivity index is 2.26. The summed E-state index contributed by atoms with van der Waals surface area (Å²) in [5.74, 6) is 0. The van der Waals surface area contributed by atoms with Crippen LogP contribution in [0.25, 0.3) is 11.1 Å². The molecular weight excluding hydrogens is 206 g/mol. The molecule has 0 aliphatic carbocycles. The minimum absolute atomic E-state index is 0.778. The lowest BCUT2D eigenvalue weighted by atomic mass is 9.95. The Morgan fingerprint density at radius 3 is 2.80 bits per heavy atom. The normalized spacial score (nSPS) is 12.6. The van der Waals surface area contributed by atoms with Crippen LogP contribution >= 0.6 is 11.6 Å². The molecule has 0 spiro atoms. The van der Waals surface area contributed by atoms with Crippen LogP contribution in [0.1, 0.15) is 5.56 Å². The lowest BCUT2D eigenvalue weighted by molar-refractivity contribution is 1.13. The summed E-state index contributed by atoms with van der Waals surface area (Å²) in [5.41, 5.74) is 5.01. The summed E-state index contributed by atoms with van der Waals surface area (Å²) in [6, 6.07) is 14.4. The highest BCUT2D eigenvalue weighted by Crippen LogP contribution is 2.36. The van der Waals surface area contributed by atoms with Gasteiger partial charge in [0.05, 0.1) is 0 Å². The first kappa shape index (κ1) is 8.81. The predicted octanol–water partition coefficient (Wildman–Crippen LogP) is 3.93. The van der Waals surface area contributed by atoms with E-state index in [2.05, 4.69) is 35.6 Å². The summed E-state index contributed by atoms with van der Waals surface area (Å²) in [6.45, 7) is 0.878. The molecule has 1 heterocycles. The predicted molar refractivity (Wildman–Crippen MR) is 64.2 cm³/mol. The first-order chi connectivity index (χ1) is 7.34. The van der Waals surface area contributed by atoms with Crippen molar-refractivity contribution in [3.63, 3.8) is 0 Å². The maximum atomic E-state index is 5.96. The Bertz CT molecular complexity index is 520. The molecule has 1 aliphatic rings. The number of nitrogens with one attached hydrogen (secondary N) is 1. The van der Waals surface area contributed by atoms with Gasteiger partial charge in [-0.3, -0.25) is 0 Å². The van der Waals surface area contributed by atoms with E-state index in [9.17, 15) is 0 Å². The van der Waals surface area contributed by atoms with E-state index in [1.165, 1.54) is 16.7 Å². The zero-order valence-electron chi connectivity index (χ0n) is 8.13. The number of halogens is 1. The molecule has 0 amide bonds. The third kappa shape index (κ3) is 1.40. The highest BCUT2D eigenvalue weighted by atomic mass is 35.5. The number of hydrogen-bond donors (Lipinski definition) is 1. The Kier molecular flexibility index (Phi) is 1.93. The van der Waals surface area contributed by atoms with Crippen molar-refractivity contribution in [1.29, 1.82) is 0 Å². The zero-order chi connectivity index (χ0) is 10.3. The molecule has 74 valence electrons. The Morgan fingerprint density at radius 2 is 1.87 bits per heavy atom. The first-order valence-corrected chi connectivity index (χ1v) is 5.34. The molecule has 0 saturated carbocycles. The number of rotatable bonds is 0. The van der Waals surface area contributed by atoms with Crippen molar-refractivity contribution in [3.05, 3.63) is 53.1 Å². The number of benzene rings is 2. The molecule has 0 aromatic heterocycles. The molecule has 3 rings (SSSR count). The lowest BCUT2D eigenvalue weighted by Gasteiger charge is -2.21. The number of hydrogen-bond acceptors (Lipinski definition) is 1. The molecule has 1 aliphatic heterocycles. The van der Waals surface area contributed by atoms with Crippen molar-refractivity contribution >= 4 is 17.3 Å². The van der Waals surface area contributed by atoms with Crippen LogP contribution < -0.4 is 5.32 Å². The van der Waals surface area contributed by atoms with Gasteiger partial charge < -0.3 is 5.32 Å². The third-order valence-corrected chi connectivity index (χ3v) is 2.99. The second kappa shape index (κ2) is 3.28. The van der Waals surface area contributed by atoms with Crippen LogP contribution in [-0.2, 0) is 6.54 Å². The Hall–Kier alpha value is -1.47. The maximum Gasteiger partial charge on any atom is 0.0437 e. The Morgan fingerprint density at radius 1 is 1.00 bits per heavy atom. The minimum atomic E-state index is 0.778. The van der Waals surface area contributed by atoms with Crippen LogP contribution in [0.15, 0.2) is 42.5 Å². The molecule has 1 nitrogen and oxygen atoms in total. The van der Waals surface area contributed by atoms with E-state index in [-0.39, 0.29) is 0 Å². The molecule has 1 N–H and O–H groups in total. The quantitative estimate of drug-likeness (QED) is 0.702. The second-order valence-electron chi connectivity index (χ2n) is 3.70. The van der Waals surface area contributed by atoms with Gasteiger partial charge in [-0.2, -0.15) is 0 Å². The van der Waals surface area contributed by atoms with Gasteiger partial charge in [0.25, 0.3) is 0 Å². The van der Waals surface area contributed by atoms with Crippen LogP contribution in [0.4, 0.5) is 5.69 Å². The van der Waals surface area contributed by atoms with Crippen LogP contribution in [0.3, 0.4) is 0 Å². The van der Waals surface area contributed by atoms with Crippen molar-refractivity contribution in [2.75, 3.05) is 5.32 Å². The minimum Gasteiger partial charge on any atom is -0.380 e. The third-order valence-electron chi connectivity index (χ3n) is 2.76. The summed E-state index contributed by atoms with van der Waals surface area (Å²) < 4.78 is 0. The van der Waals surface area contributed by atoms with Crippen LogP contribution in [0.5, 0.6) is 0 Å². The fourth-order valence-electron chi connectivity index (χ4n) is 2.03. The van der Waals surface area contributed by atoms with E-state index in [0.717, 1.165) is 17.3 Å². The summed E-state index contributed by atoms with van der Waals surface area (Å²) in [5, 5.41) is 4.15. The highest BCUT2D eigenvalue weighted by molar-refractivity contribution is 6.31. The summed E-state index contributed by atoms with van der Waals surface area (Å²) in [4.78, 5) is 0. The van der Waals surface area contributed by atoms with Gasteiger partial charge in [0.15, 0.2) is 0 Å². The maximum absolute atomic E-state index is 5.96. The summed E-state index contributed by atoms with van der Waals surface area (Å²) in [6.07, 6.45) is 0. The summed E-state index contributed by atoms with van der Waals surface area (Å²) in [7, 11) is 0. The Labute approximate surface area is 93.7 Å². The average Bonchev–Trinajstić information content (AvgIpc) is 2.28. The molecule has 2 aromatic rings. The average molecular weight is 216 g/mol. The van der Waals surface area contributed by atoms with Gasteiger partial charge >= 0.3 is 0 Å². The van der Waals surface area contributed by atoms with Gasteiger partial charge in [-0.05, 0) is 23.3 Å². The van der Waals surface area contributed by atoms with Gasteiger partial charge in [-0.15, -0.1) is 0 Å². The topological polar surface area (TPSA) is 12.0 Å². The number of fused-ring (bicyclic) bond motifs is 3. The van der Waals surface area contributed by atoms with Gasteiger partial charge in [0, 0.05) is 22.8 Å². The molecular formula is C13H10ClN.